The first-order chi connectivity index (χ1) is 6.63. The van der Waals surface area contributed by atoms with Crippen molar-refractivity contribution in [3.63, 3.8) is 0 Å². The van der Waals surface area contributed by atoms with E-state index in [2.05, 4.69) is 15.1 Å². The van der Waals surface area contributed by atoms with E-state index >= 15 is 0 Å². The fourth-order valence-corrected chi connectivity index (χ4v) is 1.65. The zero-order valence-electron chi connectivity index (χ0n) is 7.95. The van der Waals surface area contributed by atoms with Gasteiger partial charge >= 0.3 is 0 Å². The molecule has 0 atom stereocenters. The Morgan fingerprint density at radius 3 is 2.79 bits per heavy atom. The van der Waals surface area contributed by atoms with E-state index in [0.717, 1.165) is 17.5 Å². The van der Waals surface area contributed by atoms with Gasteiger partial charge in [-0.3, -0.25) is 0 Å². The minimum atomic E-state index is 0.153. The van der Waals surface area contributed by atoms with Gasteiger partial charge in [0.1, 0.15) is 5.82 Å². The van der Waals surface area contributed by atoms with E-state index in [1.165, 1.54) is 0 Å². The number of nitrogen functional groups attached to an aromatic ring is 1. The molecule has 0 aromatic carbocycles. The maximum absolute atomic E-state index is 5.76. The van der Waals surface area contributed by atoms with Gasteiger partial charge < -0.3 is 5.73 Å². The summed E-state index contributed by atoms with van der Waals surface area (Å²) in [6, 6.07) is 0. The molecular weight excluding hydrogens is 202 g/mol. The summed E-state index contributed by atoms with van der Waals surface area (Å²) in [5.74, 6) is 0.393. The summed E-state index contributed by atoms with van der Waals surface area (Å²) in [6.45, 7) is 2.01. The highest BCUT2D eigenvalue weighted by atomic mass is 35.5. The average Bonchev–Trinajstić information content (AvgIpc) is 2.43. The highest BCUT2D eigenvalue weighted by Crippen LogP contribution is 2.22. The smallest absolute Gasteiger partial charge is 0.226 e. The van der Waals surface area contributed by atoms with Crippen LogP contribution in [0.15, 0.2) is 0 Å². The van der Waals surface area contributed by atoms with Crippen LogP contribution in [0, 0.1) is 0 Å². The Bertz CT molecular complexity index is 490. The van der Waals surface area contributed by atoms with Gasteiger partial charge in [-0.25, -0.2) is 9.67 Å². The van der Waals surface area contributed by atoms with E-state index < -0.39 is 0 Å². The minimum absolute atomic E-state index is 0.153. The topological polar surface area (TPSA) is 69.6 Å². The van der Waals surface area contributed by atoms with E-state index in [-0.39, 0.29) is 5.28 Å². The molecule has 0 fully saturated rings. The molecule has 0 aliphatic rings. The summed E-state index contributed by atoms with van der Waals surface area (Å²) in [5.41, 5.74) is 7.34. The molecule has 2 N–H and O–H groups in total. The van der Waals surface area contributed by atoms with Gasteiger partial charge in [0.2, 0.25) is 5.28 Å². The molecule has 0 bridgehead atoms. The Kier molecular flexibility index (Phi) is 2.03. The first kappa shape index (κ1) is 9.21. The predicted octanol–water partition coefficient (Wildman–Crippen LogP) is 1.16. The summed E-state index contributed by atoms with van der Waals surface area (Å²) in [6.07, 6.45) is 0.798. The van der Waals surface area contributed by atoms with Crippen LogP contribution in [0.4, 0.5) is 5.82 Å². The number of anilines is 1. The normalized spacial score (nSPS) is 11.1. The van der Waals surface area contributed by atoms with Crippen LogP contribution < -0.4 is 5.73 Å². The zero-order valence-corrected chi connectivity index (χ0v) is 8.71. The first-order valence-electron chi connectivity index (χ1n) is 4.28. The van der Waals surface area contributed by atoms with Crippen molar-refractivity contribution in [1.29, 1.82) is 0 Å². The predicted molar refractivity (Wildman–Crippen MR) is 55.1 cm³/mol. The first-order valence-corrected chi connectivity index (χ1v) is 4.66. The number of nitrogens with zero attached hydrogens (tertiary/aromatic N) is 4. The van der Waals surface area contributed by atoms with E-state index in [1.807, 2.05) is 14.0 Å². The number of hydrogen-bond acceptors (Lipinski definition) is 4. The van der Waals surface area contributed by atoms with Crippen molar-refractivity contribution in [1.82, 2.24) is 19.7 Å². The average molecular weight is 212 g/mol. The summed E-state index contributed by atoms with van der Waals surface area (Å²) >= 11 is 5.71. The number of hydrogen-bond donors (Lipinski definition) is 1. The maximum atomic E-state index is 5.76. The van der Waals surface area contributed by atoms with E-state index in [9.17, 15) is 0 Å². The molecule has 2 aromatic heterocycles. The maximum Gasteiger partial charge on any atom is 0.226 e. The second kappa shape index (κ2) is 3.09. The van der Waals surface area contributed by atoms with Gasteiger partial charge in [0, 0.05) is 7.05 Å². The summed E-state index contributed by atoms with van der Waals surface area (Å²) in [4.78, 5) is 7.98. The van der Waals surface area contributed by atoms with Gasteiger partial charge in [-0.15, -0.1) is 0 Å². The van der Waals surface area contributed by atoms with Crippen LogP contribution in [0.25, 0.3) is 11.0 Å². The van der Waals surface area contributed by atoms with Crippen molar-refractivity contribution in [2.24, 2.45) is 7.05 Å². The number of nitrogens with two attached hydrogens (primary N) is 1. The summed E-state index contributed by atoms with van der Waals surface area (Å²) < 4.78 is 1.66. The van der Waals surface area contributed by atoms with Gasteiger partial charge in [-0.1, -0.05) is 6.92 Å². The number of rotatable bonds is 1. The monoisotopic (exact) mass is 211 g/mol. The fraction of sp³-hybridized carbons (Fsp3) is 0.375. The molecule has 0 saturated carbocycles. The van der Waals surface area contributed by atoms with Crippen molar-refractivity contribution in [3.05, 3.63) is 11.0 Å². The third kappa shape index (κ3) is 1.21. The van der Waals surface area contributed by atoms with Crippen molar-refractivity contribution < 1.29 is 0 Å². The molecule has 2 rings (SSSR count). The lowest BCUT2D eigenvalue weighted by molar-refractivity contribution is 0.761. The molecule has 0 saturated heterocycles. The summed E-state index contributed by atoms with van der Waals surface area (Å²) in [5, 5.41) is 5.24. The molecule has 6 heteroatoms. The standard InChI is InChI=1S/C8H10ClN5/c1-3-4-5-6(10)11-8(9)12-7(5)14(2)13-4/h3H2,1-2H3,(H2,10,11,12). The third-order valence-electron chi connectivity index (χ3n) is 2.09. The third-order valence-corrected chi connectivity index (χ3v) is 2.26. The molecule has 14 heavy (non-hydrogen) atoms. The molecule has 0 radical (unpaired) electrons. The largest absolute Gasteiger partial charge is 0.383 e. The van der Waals surface area contributed by atoms with E-state index in [4.69, 9.17) is 17.3 Å². The second-order valence-electron chi connectivity index (χ2n) is 3.00. The number of halogens is 1. The number of aryl methyl sites for hydroxylation is 2. The highest BCUT2D eigenvalue weighted by Gasteiger charge is 2.13. The van der Waals surface area contributed by atoms with Gasteiger partial charge in [0.25, 0.3) is 0 Å². The van der Waals surface area contributed by atoms with Crippen LogP contribution >= 0.6 is 11.6 Å². The minimum Gasteiger partial charge on any atom is -0.383 e. The molecule has 2 heterocycles. The summed E-state index contributed by atoms with van der Waals surface area (Å²) in [7, 11) is 1.81. The Morgan fingerprint density at radius 2 is 2.14 bits per heavy atom. The molecular formula is C8H10ClN5. The lowest BCUT2D eigenvalue weighted by Crippen LogP contribution is -1.97. The molecule has 5 nitrogen and oxygen atoms in total. The Hall–Kier alpha value is -1.36. The molecule has 0 spiro atoms. The van der Waals surface area contributed by atoms with Crippen LogP contribution in [0.5, 0.6) is 0 Å². The molecule has 0 aliphatic carbocycles. The van der Waals surface area contributed by atoms with E-state index in [0.29, 0.717) is 11.5 Å². The highest BCUT2D eigenvalue weighted by molar-refractivity contribution is 6.28. The molecule has 74 valence electrons. The number of aromatic nitrogens is 4. The Labute approximate surface area is 85.9 Å². The Balaban J connectivity index is 2.89. The molecule has 0 unspecified atom stereocenters. The molecule has 2 aromatic rings. The van der Waals surface area contributed by atoms with Crippen molar-refractivity contribution in [2.45, 2.75) is 13.3 Å². The zero-order chi connectivity index (χ0) is 10.3. The Morgan fingerprint density at radius 1 is 1.43 bits per heavy atom. The van der Waals surface area contributed by atoms with Crippen LogP contribution in [0.1, 0.15) is 12.6 Å². The number of fused-ring (bicyclic) bond motifs is 1. The SMILES string of the molecule is CCc1nn(C)c2nc(Cl)nc(N)c12. The van der Waals surface area contributed by atoms with Crippen molar-refractivity contribution >= 4 is 28.5 Å². The van der Waals surface area contributed by atoms with Crippen LogP contribution in [-0.2, 0) is 13.5 Å². The second-order valence-corrected chi connectivity index (χ2v) is 3.34. The van der Waals surface area contributed by atoms with E-state index in [1.54, 1.807) is 4.68 Å². The van der Waals surface area contributed by atoms with Gasteiger partial charge in [-0.05, 0) is 18.0 Å². The van der Waals surface area contributed by atoms with Crippen LogP contribution in [0.2, 0.25) is 5.28 Å². The van der Waals surface area contributed by atoms with Gasteiger partial charge in [0.15, 0.2) is 5.65 Å². The lowest BCUT2D eigenvalue weighted by atomic mass is 10.2. The van der Waals surface area contributed by atoms with Crippen LogP contribution in [-0.4, -0.2) is 19.7 Å². The molecule has 0 amide bonds. The fourth-order valence-electron chi connectivity index (χ4n) is 1.48. The van der Waals surface area contributed by atoms with Gasteiger partial charge in [0.05, 0.1) is 11.1 Å². The van der Waals surface area contributed by atoms with Gasteiger partial charge in [-0.2, -0.15) is 10.1 Å². The van der Waals surface area contributed by atoms with Crippen LogP contribution in [0.3, 0.4) is 0 Å². The molecule has 0 aliphatic heterocycles. The quantitative estimate of drug-likeness (QED) is 0.719. The van der Waals surface area contributed by atoms with Crippen molar-refractivity contribution in [3.8, 4) is 0 Å². The lowest BCUT2D eigenvalue weighted by Gasteiger charge is -1.97. The van der Waals surface area contributed by atoms with Crippen molar-refractivity contribution in [2.75, 3.05) is 5.73 Å².